The van der Waals surface area contributed by atoms with E-state index in [4.69, 9.17) is 11.5 Å². The molecular formula is C14H15N3O2. The third-order valence-electron chi connectivity index (χ3n) is 3.01. The van der Waals surface area contributed by atoms with Gasteiger partial charge in [0.1, 0.15) is 5.69 Å². The molecule has 0 aliphatic heterocycles. The van der Waals surface area contributed by atoms with Crippen LogP contribution in [0.15, 0.2) is 36.4 Å². The van der Waals surface area contributed by atoms with Gasteiger partial charge in [0, 0.05) is 11.8 Å². The minimum absolute atomic E-state index is 0.0366. The molecule has 2 aromatic rings. The van der Waals surface area contributed by atoms with Crippen molar-refractivity contribution in [2.24, 2.45) is 0 Å². The van der Waals surface area contributed by atoms with Crippen LogP contribution in [0.5, 0.6) is 0 Å². The van der Waals surface area contributed by atoms with Crippen LogP contribution in [0, 0.1) is 17.0 Å². The zero-order valence-electron chi connectivity index (χ0n) is 10.6. The molecule has 0 aliphatic rings. The van der Waals surface area contributed by atoms with Crippen molar-refractivity contribution in [2.75, 3.05) is 11.5 Å². The average Bonchev–Trinajstić information content (AvgIpc) is 2.36. The van der Waals surface area contributed by atoms with Crippen molar-refractivity contribution < 1.29 is 4.92 Å². The Morgan fingerprint density at radius 1 is 1.11 bits per heavy atom. The normalized spacial score (nSPS) is 10.4. The predicted molar refractivity (Wildman–Crippen MR) is 75.9 cm³/mol. The molecule has 4 N–H and O–H groups in total. The smallest absolute Gasteiger partial charge is 0.292 e. The second-order valence-electron chi connectivity index (χ2n) is 4.52. The largest absolute Gasteiger partial charge is 0.399 e. The monoisotopic (exact) mass is 257 g/mol. The highest BCUT2D eigenvalue weighted by atomic mass is 16.6. The van der Waals surface area contributed by atoms with Gasteiger partial charge in [-0.3, -0.25) is 10.1 Å². The van der Waals surface area contributed by atoms with E-state index in [1.165, 1.54) is 6.07 Å². The number of nitrogen functional groups attached to an aromatic ring is 2. The molecule has 0 saturated carbocycles. The molecule has 0 radical (unpaired) electrons. The fraction of sp³-hybridized carbons (Fsp3) is 0.143. The Morgan fingerprint density at radius 2 is 1.74 bits per heavy atom. The first-order valence-corrected chi connectivity index (χ1v) is 5.85. The van der Waals surface area contributed by atoms with Crippen molar-refractivity contribution in [3.63, 3.8) is 0 Å². The zero-order chi connectivity index (χ0) is 14.0. The van der Waals surface area contributed by atoms with E-state index < -0.39 is 4.92 Å². The van der Waals surface area contributed by atoms with Gasteiger partial charge in [-0.15, -0.1) is 0 Å². The van der Waals surface area contributed by atoms with Crippen molar-refractivity contribution in [3.05, 3.63) is 63.2 Å². The SMILES string of the molecule is Cc1cc(Cc2ccc(N)cc2)cc([N+](=O)[O-])c1N. The highest BCUT2D eigenvalue weighted by molar-refractivity contribution is 5.64. The van der Waals surface area contributed by atoms with Gasteiger partial charge in [0.25, 0.3) is 5.69 Å². The summed E-state index contributed by atoms with van der Waals surface area (Å²) in [6.07, 6.45) is 0.613. The van der Waals surface area contributed by atoms with Crippen molar-refractivity contribution >= 4 is 17.1 Å². The first kappa shape index (κ1) is 12.9. The highest BCUT2D eigenvalue weighted by Gasteiger charge is 2.15. The van der Waals surface area contributed by atoms with E-state index in [1.807, 2.05) is 30.3 Å². The Kier molecular flexibility index (Phi) is 3.37. The van der Waals surface area contributed by atoms with Gasteiger partial charge in [-0.05, 0) is 42.2 Å². The maximum Gasteiger partial charge on any atom is 0.292 e. The van der Waals surface area contributed by atoms with Gasteiger partial charge < -0.3 is 11.5 Å². The van der Waals surface area contributed by atoms with Crippen LogP contribution in [0.2, 0.25) is 0 Å². The molecule has 0 heterocycles. The first-order chi connectivity index (χ1) is 8.97. The van der Waals surface area contributed by atoms with Crippen LogP contribution in [0.1, 0.15) is 16.7 Å². The standard InChI is InChI=1S/C14H15N3O2/c1-9-6-11(8-13(14(9)16)17(18)19)7-10-2-4-12(15)5-3-10/h2-6,8H,7,15-16H2,1H3. The number of nitrogens with zero attached hydrogens (tertiary/aromatic N) is 1. The molecular weight excluding hydrogens is 242 g/mol. The minimum Gasteiger partial charge on any atom is -0.399 e. The van der Waals surface area contributed by atoms with Crippen molar-refractivity contribution in [2.45, 2.75) is 13.3 Å². The van der Waals surface area contributed by atoms with Crippen molar-refractivity contribution in [3.8, 4) is 0 Å². The number of nitro groups is 1. The molecule has 0 amide bonds. The summed E-state index contributed by atoms with van der Waals surface area (Å²) < 4.78 is 0. The van der Waals surface area contributed by atoms with E-state index in [-0.39, 0.29) is 11.4 Å². The second-order valence-corrected chi connectivity index (χ2v) is 4.52. The number of nitrogens with two attached hydrogens (primary N) is 2. The number of hydrogen-bond donors (Lipinski definition) is 2. The van der Waals surface area contributed by atoms with E-state index in [0.29, 0.717) is 12.1 Å². The van der Waals surface area contributed by atoms with Crippen LogP contribution >= 0.6 is 0 Å². The first-order valence-electron chi connectivity index (χ1n) is 5.85. The van der Waals surface area contributed by atoms with Crippen LogP contribution in [0.3, 0.4) is 0 Å². The van der Waals surface area contributed by atoms with Gasteiger partial charge in [0.15, 0.2) is 0 Å². The fourth-order valence-corrected chi connectivity index (χ4v) is 1.98. The molecule has 0 atom stereocenters. The van der Waals surface area contributed by atoms with Crippen LogP contribution in [0.25, 0.3) is 0 Å². The zero-order valence-corrected chi connectivity index (χ0v) is 10.6. The van der Waals surface area contributed by atoms with Gasteiger partial charge in [0.05, 0.1) is 4.92 Å². The van der Waals surface area contributed by atoms with Gasteiger partial charge in [-0.1, -0.05) is 18.2 Å². The van der Waals surface area contributed by atoms with E-state index in [1.54, 1.807) is 6.92 Å². The van der Waals surface area contributed by atoms with E-state index in [2.05, 4.69) is 0 Å². The lowest BCUT2D eigenvalue weighted by Crippen LogP contribution is -2.00. The summed E-state index contributed by atoms with van der Waals surface area (Å²) in [5.74, 6) is 0. The Bertz CT molecular complexity index is 621. The number of nitro benzene ring substituents is 1. The second kappa shape index (κ2) is 4.97. The maximum atomic E-state index is 10.9. The fourth-order valence-electron chi connectivity index (χ4n) is 1.98. The Morgan fingerprint density at radius 3 is 2.32 bits per heavy atom. The number of rotatable bonds is 3. The van der Waals surface area contributed by atoms with Gasteiger partial charge in [0.2, 0.25) is 0 Å². The molecule has 19 heavy (non-hydrogen) atoms. The maximum absolute atomic E-state index is 10.9. The van der Waals surface area contributed by atoms with Gasteiger partial charge >= 0.3 is 0 Å². The summed E-state index contributed by atoms with van der Waals surface area (Å²) in [4.78, 5) is 10.5. The molecule has 0 bridgehead atoms. The molecule has 0 saturated heterocycles. The van der Waals surface area contributed by atoms with Crippen LogP contribution in [-0.4, -0.2) is 4.92 Å². The Labute approximate surface area is 111 Å². The summed E-state index contributed by atoms with van der Waals surface area (Å²) in [5, 5.41) is 10.9. The summed E-state index contributed by atoms with van der Waals surface area (Å²) in [6, 6.07) is 10.8. The third-order valence-corrected chi connectivity index (χ3v) is 3.01. The van der Waals surface area contributed by atoms with Crippen molar-refractivity contribution in [1.82, 2.24) is 0 Å². The van der Waals surface area contributed by atoms with Gasteiger partial charge in [-0.25, -0.2) is 0 Å². The molecule has 0 fully saturated rings. The summed E-state index contributed by atoms with van der Waals surface area (Å²) in [5.41, 5.74) is 14.9. The molecule has 0 unspecified atom stereocenters. The molecule has 0 aliphatic carbocycles. The quantitative estimate of drug-likeness (QED) is 0.502. The number of benzene rings is 2. The third kappa shape index (κ3) is 2.82. The number of hydrogen-bond acceptors (Lipinski definition) is 4. The summed E-state index contributed by atoms with van der Waals surface area (Å²) in [6.45, 7) is 1.77. The average molecular weight is 257 g/mol. The molecule has 2 aromatic carbocycles. The van der Waals surface area contributed by atoms with Crippen LogP contribution in [-0.2, 0) is 6.42 Å². The summed E-state index contributed by atoms with van der Waals surface area (Å²) in [7, 11) is 0. The van der Waals surface area contributed by atoms with Crippen molar-refractivity contribution in [1.29, 1.82) is 0 Å². The molecule has 5 nitrogen and oxygen atoms in total. The lowest BCUT2D eigenvalue weighted by atomic mass is 10.0. The number of anilines is 2. The minimum atomic E-state index is -0.450. The van der Waals surface area contributed by atoms with Crippen LogP contribution < -0.4 is 11.5 Å². The van der Waals surface area contributed by atoms with Gasteiger partial charge in [-0.2, -0.15) is 0 Å². The van der Waals surface area contributed by atoms with Crippen LogP contribution in [0.4, 0.5) is 17.1 Å². The Balaban J connectivity index is 2.35. The predicted octanol–water partition coefficient (Wildman–Crippen LogP) is 2.66. The lowest BCUT2D eigenvalue weighted by molar-refractivity contribution is -0.384. The number of aryl methyl sites for hydroxylation is 1. The molecule has 0 spiro atoms. The van der Waals surface area contributed by atoms with E-state index in [0.717, 1.165) is 16.7 Å². The highest BCUT2D eigenvalue weighted by Crippen LogP contribution is 2.27. The summed E-state index contributed by atoms with van der Waals surface area (Å²) >= 11 is 0. The molecule has 0 aromatic heterocycles. The Hall–Kier alpha value is -2.56. The molecule has 2 rings (SSSR count). The molecule has 98 valence electrons. The topological polar surface area (TPSA) is 95.2 Å². The molecule has 5 heteroatoms. The van der Waals surface area contributed by atoms with E-state index >= 15 is 0 Å². The van der Waals surface area contributed by atoms with E-state index in [9.17, 15) is 10.1 Å². The lowest BCUT2D eigenvalue weighted by Gasteiger charge is -2.07.